The topological polar surface area (TPSA) is 75.7 Å². The van der Waals surface area contributed by atoms with Crippen molar-refractivity contribution in [3.63, 3.8) is 0 Å². The molecule has 0 bridgehead atoms. The van der Waals surface area contributed by atoms with Gasteiger partial charge in [-0.25, -0.2) is 17.5 Å². The van der Waals surface area contributed by atoms with Crippen LogP contribution in [0.25, 0.3) is 0 Å². The Morgan fingerprint density at radius 1 is 1.37 bits per heavy atom. The fraction of sp³-hybridized carbons (Fsp3) is 0.591. The van der Waals surface area contributed by atoms with Crippen molar-refractivity contribution in [1.29, 1.82) is 0 Å². The zero-order valence-electron chi connectivity index (χ0n) is 17.3. The number of amides is 1. The maximum atomic E-state index is 15.2. The fourth-order valence-corrected chi connectivity index (χ4v) is 4.82. The van der Waals surface area contributed by atoms with Gasteiger partial charge in [-0.2, -0.15) is 0 Å². The molecule has 2 aliphatic heterocycles. The first kappa shape index (κ1) is 21.3. The van der Waals surface area contributed by atoms with Crippen LogP contribution in [0.4, 0.5) is 4.39 Å². The minimum absolute atomic E-state index is 0.00953. The largest absolute Gasteiger partial charge is 0.368 e. The molecule has 1 saturated carbocycles. The van der Waals surface area contributed by atoms with Crippen LogP contribution in [0.1, 0.15) is 43.7 Å². The van der Waals surface area contributed by atoms with Gasteiger partial charge in [0.25, 0.3) is 5.91 Å². The van der Waals surface area contributed by atoms with Gasteiger partial charge in [-0.3, -0.25) is 4.79 Å². The molecule has 1 N–H and O–H groups in total. The maximum absolute atomic E-state index is 15.2. The molecule has 3 atom stereocenters. The van der Waals surface area contributed by atoms with Crippen molar-refractivity contribution in [2.24, 2.45) is 5.41 Å². The molecular weight excluding hydrogens is 407 g/mol. The van der Waals surface area contributed by atoms with Crippen LogP contribution < -0.4 is 4.72 Å². The summed E-state index contributed by atoms with van der Waals surface area (Å²) >= 11 is 0. The summed E-state index contributed by atoms with van der Waals surface area (Å²) in [5, 5.41) is 0. The Balaban J connectivity index is 1.59. The first-order chi connectivity index (χ1) is 14.2. The van der Waals surface area contributed by atoms with E-state index < -0.39 is 34.0 Å². The third-order valence-corrected chi connectivity index (χ3v) is 6.91. The highest BCUT2D eigenvalue weighted by Crippen LogP contribution is 2.44. The standard InChI is InChI=1S/C22H27FN2O4S/c1-22(10-11-22)9-6-15-4-3-5-16(20(15)23)14-18-17(24-30(2,27)28)7-12-25(18)21(26)19-8-13-29-19/h3-5,17-19,24H,7-8,10-14H2,1-2H3/t17?,18?,19-/m1/s1. The molecule has 2 unspecified atom stereocenters. The highest BCUT2D eigenvalue weighted by Gasteiger charge is 2.42. The molecule has 0 radical (unpaired) electrons. The molecule has 1 aromatic carbocycles. The fourth-order valence-electron chi connectivity index (χ4n) is 4.00. The van der Waals surface area contributed by atoms with Crippen LogP contribution in [0.3, 0.4) is 0 Å². The van der Waals surface area contributed by atoms with E-state index in [0.29, 0.717) is 37.1 Å². The van der Waals surface area contributed by atoms with E-state index in [9.17, 15) is 13.2 Å². The zero-order chi connectivity index (χ0) is 21.5. The third-order valence-electron chi connectivity index (χ3n) is 6.18. The molecule has 6 nitrogen and oxygen atoms in total. The Morgan fingerprint density at radius 2 is 2.10 bits per heavy atom. The lowest BCUT2D eigenvalue weighted by Crippen LogP contribution is -2.52. The first-order valence-electron chi connectivity index (χ1n) is 10.4. The van der Waals surface area contributed by atoms with E-state index in [2.05, 4.69) is 23.5 Å². The molecule has 2 heterocycles. The molecule has 0 spiro atoms. The van der Waals surface area contributed by atoms with Crippen LogP contribution in [-0.2, 0) is 26.0 Å². The number of likely N-dealkylation sites (tertiary alicyclic amines) is 1. The molecule has 3 aliphatic rings. The van der Waals surface area contributed by atoms with Crippen molar-refractivity contribution in [3.8, 4) is 11.8 Å². The SMILES string of the molecule is CC1(C#Cc2cccc(CC3C(NS(C)(=O)=O)CCN3C(=O)[C@H]3CCO3)c2F)CC1. The highest BCUT2D eigenvalue weighted by atomic mass is 32.2. The van der Waals surface area contributed by atoms with Gasteiger partial charge in [-0.15, -0.1) is 0 Å². The normalized spacial score (nSPS) is 27.2. The van der Waals surface area contributed by atoms with Gasteiger partial charge in [0.2, 0.25) is 10.0 Å². The Labute approximate surface area is 177 Å². The van der Waals surface area contributed by atoms with E-state index in [0.717, 1.165) is 19.1 Å². The maximum Gasteiger partial charge on any atom is 0.252 e. The Hall–Kier alpha value is -1.95. The number of carbonyl (C=O) groups is 1. The van der Waals surface area contributed by atoms with Crippen molar-refractivity contribution >= 4 is 15.9 Å². The van der Waals surface area contributed by atoms with E-state index in [1.54, 1.807) is 23.1 Å². The summed E-state index contributed by atoms with van der Waals surface area (Å²) in [6.07, 6.45) is 4.03. The van der Waals surface area contributed by atoms with E-state index in [4.69, 9.17) is 4.74 Å². The lowest BCUT2D eigenvalue weighted by atomic mass is 9.97. The van der Waals surface area contributed by atoms with Crippen LogP contribution >= 0.6 is 0 Å². The summed E-state index contributed by atoms with van der Waals surface area (Å²) in [7, 11) is -3.47. The van der Waals surface area contributed by atoms with Gasteiger partial charge in [-0.05, 0) is 44.2 Å². The molecule has 4 rings (SSSR count). The van der Waals surface area contributed by atoms with Crippen molar-refractivity contribution in [3.05, 3.63) is 35.1 Å². The van der Waals surface area contributed by atoms with E-state index in [1.807, 2.05) is 0 Å². The van der Waals surface area contributed by atoms with Gasteiger partial charge in [0, 0.05) is 24.4 Å². The van der Waals surface area contributed by atoms with Crippen molar-refractivity contribution in [2.45, 2.75) is 57.2 Å². The van der Waals surface area contributed by atoms with Crippen LogP contribution in [0.5, 0.6) is 0 Å². The molecular formula is C22H27FN2O4S. The number of carbonyl (C=O) groups excluding carboxylic acids is 1. The number of halogens is 1. The summed E-state index contributed by atoms with van der Waals surface area (Å²) in [6, 6.07) is 4.15. The Kier molecular flexibility index (Phi) is 5.64. The van der Waals surface area contributed by atoms with Crippen molar-refractivity contribution < 1.29 is 22.3 Å². The van der Waals surface area contributed by atoms with Crippen molar-refractivity contribution in [2.75, 3.05) is 19.4 Å². The number of benzene rings is 1. The summed E-state index contributed by atoms with van der Waals surface area (Å²) in [5.74, 6) is 5.56. The van der Waals surface area contributed by atoms with Gasteiger partial charge in [-0.1, -0.05) is 24.0 Å². The van der Waals surface area contributed by atoms with Crippen molar-refractivity contribution in [1.82, 2.24) is 9.62 Å². The lowest BCUT2D eigenvalue weighted by Gasteiger charge is -2.34. The molecule has 162 valence electrons. The molecule has 3 fully saturated rings. The molecule has 2 saturated heterocycles. The number of nitrogens with zero attached hydrogens (tertiary/aromatic N) is 1. The zero-order valence-corrected chi connectivity index (χ0v) is 18.1. The smallest absolute Gasteiger partial charge is 0.252 e. The van der Waals surface area contributed by atoms with Crippen LogP contribution in [0, 0.1) is 23.1 Å². The first-order valence-corrected chi connectivity index (χ1v) is 12.2. The lowest BCUT2D eigenvalue weighted by molar-refractivity contribution is -0.157. The highest BCUT2D eigenvalue weighted by molar-refractivity contribution is 7.88. The number of sulfonamides is 1. The number of hydrogen-bond acceptors (Lipinski definition) is 4. The van der Waals surface area contributed by atoms with Gasteiger partial charge in [0.15, 0.2) is 0 Å². The summed E-state index contributed by atoms with van der Waals surface area (Å²) in [5.41, 5.74) is 0.762. The second-order valence-electron chi connectivity index (χ2n) is 8.83. The van der Waals surface area contributed by atoms with E-state index in [1.165, 1.54) is 0 Å². The predicted octanol–water partition coefficient (Wildman–Crippen LogP) is 1.83. The number of rotatable bonds is 5. The average Bonchev–Trinajstić information content (AvgIpc) is 3.23. The van der Waals surface area contributed by atoms with Gasteiger partial charge in [0.1, 0.15) is 11.9 Å². The minimum Gasteiger partial charge on any atom is -0.368 e. The summed E-state index contributed by atoms with van der Waals surface area (Å²) in [6.45, 7) is 3.03. The second-order valence-corrected chi connectivity index (χ2v) is 10.6. The number of hydrogen-bond donors (Lipinski definition) is 1. The second kappa shape index (κ2) is 7.95. The van der Waals surface area contributed by atoms with Crippen LogP contribution in [0.2, 0.25) is 0 Å². The monoisotopic (exact) mass is 434 g/mol. The summed E-state index contributed by atoms with van der Waals surface area (Å²) < 4.78 is 46.8. The molecule has 1 aromatic rings. The number of nitrogens with one attached hydrogen (secondary N) is 1. The third kappa shape index (κ3) is 4.69. The summed E-state index contributed by atoms with van der Waals surface area (Å²) in [4.78, 5) is 14.5. The van der Waals surface area contributed by atoms with E-state index in [-0.39, 0.29) is 17.7 Å². The average molecular weight is 435 g/mol. The Morgan fingerprint density at radius 3 is 2.70 bits per heavy atom. The van der Waals surface area contributed by atoms with E-state index >= 15 is 4.39 Å². The van der Waals surface area contributed by atoms with Crippen LogP contribution in [-0.4, -0.2) is 56.8 Å². The van der Waals surface area contributed by atoms with Gasteiger partial charge < -0.3 is 9.64 Å². The molecule has 8 heteroatoms. The molecule has 1 amide bonds. The minimum atomic E-state index is -3.47. The predicted molar refractivity (Wildman–Crippen MR) is 111 cm³/mol. The number of ether oxygens (including phenoxy) is 1. The molecule has 1 aliphatic carbocycles. The van der Waals surface area contributed by atoms with Gasteiger partial charge in [0.05, 0.1) is 24.5 Å². The molecule has 30 heavy (non-hydrogen) atoms. The van der Waals surface area contributed by atoms with Gasteiger partial charge >= 0.3 is 0 Å². The van der Waals surface area contributed by atoms with Crippen LogP contribution in [0.15, 0.2) is 18.2 Å². The molecule has 0 aromatic heterocycles. The quantitative estimate of drug-likeness (QED) is 0.718. The Bertz CT molecular complexity index is 1010.